The van der Waals surface area contributed by atoms with E-state index in [0.717, 1.165) is 11.4 Å². The van der Waals surface area contributed by atoms with E-state index in [4.69, 9.17) is 0 Å². The van der Waals surface area contributed by atoms with E-state index in [1.165, 1.54) is 15.6 Å². The Morgan fingerprint density at radius 2 is 2.08 bits per heavy atom. The van der Waals surface area contributed by atoms with E-state index >= 15 is 0 Å². The lowest BCUT2D eigenvalue weighted by atomic mass is 10.2. The van der Waals surface area contributed by atoms with Gasteiger partial charge in [-0.15, -0.1) is 11.3 Å². The minimum Gasteiger partial charge on any atom is -0.274 e. The zero-order chi connectivity index (χ0) is 17.2. The summed E-state index contributed by atoms with van der Waals surface area (Å²) < 4.78 is 25.2. The number of carbonyl (C=O) groups is 1. The van der Waals surface area contributed by atoms with Crippen LogP contribution in [-0.2, 0) is 14.8 Å². The number of rotatable bonds is 5. The van der Waals surface area contributed by atoms with Crippen molar-refractivity contribution >= 4 is 38.1 Å². The molecular weight excluding hydrogens is 346 g/mol. The molecule has 0 aliphatic carbocycles. The standard InChI is InChI=1S/C16H19N3O3S2/c1-13-12-23-16(17-13)19(14-6-3-2-4-7-14)15(20)8-10-18-9-5-11-24(18,21)22/h2-4,6-7,12H,5,8-11H2,1H3. The predicted octanol–water partition coefficient (Wildman–Crippen LogP) is 2.54. The lowest BCUT2D eigenvalue weighted by molar-refractivity contribution is -0.118. The lowest BCUT2D eigenvalue weighted by Crippen LogP contribution is -2.33. The van der Waals surface area contributed by atoms with Crippen LogP contribution >= 0.6 is 11.3 Å². The molecule has 1 aliphatic rings. The average molecular weight is 365 g/mol. The van der Waals surface area contributed by atoms with Crippen LogP contribution in [0.5, 0.6) is 0 Å². The summed E-state index contributed by atoms with van der Waals surface area (Å²) in [6.45, 7) is 2.59. The molecule has 1 saturated heterocycles. The predicted molar refractivity (Wildman–Crippen MR) is 95.0 cm³/mol. The van der Waals surface area contributed by atoms with E-state index in [1.54, 1.807) is 4.90 Å². The summed E-state index contributed by atoms with van der Waals surface area (Å²) in [4.78, 5) is 18.8. The van der Waals surface area contributed by atoms with Gasteiger partial charge in [-0.1, -0.05) is 18.2 Å². The first kappa shape index (κ1) is 17.1. The van der Waals surface area contributed by atoms with Crippen LogP contribution in [0.4, 0.5) is 10.8 Å². The lowest BCUT2D eigenvalue weighted by Gasteiger charge is -2.21. The van der Waals surface area contributed by atoms with Crippen molar-refractivity contribution in [3.63, 3.8) is 0 Å². The summed E-state index contributed by atoms with van der Waals surface area (Å²) in [7, 11) is -3.18. The summed E-state index contributed by atoms with van der Waals surface area (Å²) in [5.74, 6) is 0.0209. The number of carbonyl (C=O) groups excluding carboxylic acids is 1. The van der Waals surface area contributed by atoms with Gasteiger partial charge >= 0.3 is 0 Å². The van der Waals surface area contributed by atoms with Gasteiger partial charge in [-0.25, -0.2) is 17.7 Å². The Labute approximate surface area is 145 Å². The summed E-state index contributed by atoms with van der Waals surface area (Å²) in [5.41, 5.74) is 1.59. The highest BCUT2D eigenvalue weighted by Gasteiger charge is 2.29. The monoisotopic (exact) mass is 365 g/mol. The van der Waals surface area contributed by atoms with Gasteiger partial charge in [-0.3, -0.25) is 9.69 Å². The number of para-hydroxylation sites is 1. The van der Waals surface area contributed by atoms with E-state index in [9.17, 15) is 13.2 Å². The normalized spacial score (nSPS) is 17.0. The molecule has 1 amide bonds. The third-order valence-electron chi connectivity index (χ3n) is 3.84. The number of aromatic nitrogens is 1. The van der Waals surface area contributed by atoms with Crippen LogP contribution in [-0.4, -0.2) is 42.5 Å². The van der Waals surface area contributed by atoms with Gasteiger partial charge < -0.3 is 0 Å². The zero-order valence-electron chi connectivity index (χ0n) is 13.4. The molecular formula is C16H19N3O3S2. The van der Waals surface area contributed by atoms with Crippen LogP contribution < -0.4 is 4.90 Å². The number of benzene rings is 1. The van der Waals surface area contributed by atoms with Crippen molar-refractivity contribution in [3.8, 4) is 0 Å². The summed E-state index contributed by atoms with van der Waals surface area (Å²) in [6.07, 6.45) is 0.761. The largest absolute Gasteiger partial charge is 0.274 e. The van der Waals surface area contributed by atoms with Gasteiger partial charge in [-0.05, 0) is 25.5 Å². The van der Waals surface area contributed by atoms with Gasteiger partial charge in [0.2, 0.25) is 15.9 Å². The highest BCUT2D eigenvalue weighted by Crippen LogP contribution is 2.29. The molecule has 0 atom stereocenters. The minimum atomic E-state index is -3.18. The van der Waals surface area contributed by atoms with Crippen LogP contribution in [0, 0.1) is 6.92 Å². The third-order valence-corrected chi connectivity index (χ3v) is 6.74. The third kappa shape index (κ3) is 3.66. The SMILES string of the molecule is Cc1csc(N(C(=O)CCN2CCCS2(=O)=O)c2ccccc2)n1. The molecule has 1 aromatic heterocycles. The molecule has 8 heteroatoms. The van der Waals surface area contributed by atoms with Crippen LogP contribution in [0.3, 0.4) is 0 Å². The first-order valence-electron chi connectivity index (χ1n) is 7.75. The molecule has 0 radical (unpaired) electrons. The van der Waals surface area contributed by atoms with E-state index in [1.807, 2.05) is 42.6 Å². The van der Waals surface area contributed by atoms with Crippen molar-refractivity contribution in [1.82, 2.24) is 9.29 Å². The molecule has 0 bridgehead atoms. The Morgan fingerprint density at radius 3 is 2.67 bits per heavy atom. The Balaban J connectivity index is 1.79. The molecule has 6 nitrogen and oxygen atoms in total. The highest BCUT2D eigenvalue weighted by atomic mass is 32.2. The summed E-state index contributed by atoms with van der Waals surface area (Å²) >= 11 is 1.40. The summed E-state index contributed by atoms with van der Waals surface area (Å²) in [5, 5.41) is 2.50. The van der Waals surface area contributed by atoms with Crippen LogP contribution in [0.15, 0.2) is 35.7 Å². The number of aryl methyl sites for hydroxylation is 1. The number of amides is 1. The number of hydrogen-bond donors (Lipinski definition) is 0. The average Bonchev–Trinajstić information content (AvgIpc) is 3.12. The maximum atomic E-state index is 12.8. The van der Waals surface area contributed by atoms with Crippen LogP contribution in [0.25, 0.3) is 0 Å². The van der Waals surface area contributed by atoms with Crippen LogP contribution in [0.1, 0.15) is 18.5 Å². The van der Waals surface area contributed by atoms with Crippen molar-refractivity contribution in [1.29, 1.82) is 0 Å². The van der Waals surface area contributed by atoms with E-state index in [-0.39, 0.29) is 24.6 Å². The van der Waals surface area contributed by atoms with Crippen molar-refractivity contribution in [2.24, 2.45) is 0 Å². The second-order valence-electron chi connectivity index (χ2n) is 5.65. The molecule has 0 unspecified atom stereocenters. The fraction of sp³-hybridized carbons (Fsp3) is 0.375. The van der Waals surface area contributed by atoms with Crippen molar-refractivity contribution < 1.29 is 13.2 Å². The number of nitrogens with zero attached hydrogens (tertiary/aromatic N) is 3. The molecule has 1 fully saturated rings. The molecule has 3 rings (SSSR count). The van der Waals surface area contributed by atoms with Crippen molar-refractivity contribution in [3.05, 3.63) is 41.4 Å². The molecule has 0 saturated carbocycles. The fourth-order valence-corrected chi connectivity index (χ4v) is 5.02. The molecule has 24 heavy (non-hydrogen) atoms. The fourth-order valence-electron chi connectivity index (χ4n) is 2.66. The van der Waals surface area contributed by atoms with E-state index in [2.05, 4.69) is 4.98 Å². The number of hydrogen-bond acceptors (Lipinski definition) is 5. The van der Waals surface area contributed by atoms with Gasteiger partial charge in [-0.2, -0.15) is 0 Å². The summed E-state index contributed by atoms with van der Waals surface area (Å²) in [6, 6.07) is 9.31. The van der Waals surface area contributed by atoms with Gasteiger partial charge in [0.25, 0.3) is 0 Å². The minimum absolute atomic E-state index is 0.132. The molecule has 128 valence electrons. The smallest absolute Gasteiger partial charge is 0.234 e. The molecule has 2 heterocycles. The van der Waals surface area contributed by atoms with Gasteiger partial charge in [0.05, 0.1) is 17.1 Å². The Morgan fingerprint density at radius 1 is 1.33 bits per heavy atom. The van der Waals surface area contributed by atoms with Gasteiger partial charge in [0.1, 0.15) is 0 Å². The molecule has 1 aromatic carbocycles. The maximum absolute atomic E-state index is 12.8. The Kier molecular flexibility index (Phi) is 4.98. The maximum Gasteiger partial charge on any atom is 0.234 e. The van der Waals surface area contributed by atoms with Crippen molar-refractivity contribution in [2.75, 3.05) is 23.7 Å². The highest BCUT2D eigenvalue weighted by molar-refractivity contribution is 7.89. The molecule has 0 N–H and O–H groups in total. The molecule has 2 aromatic rings. The second kappa shape index (κ2) is 7.00. The number of thiazole rings is 1. The van der Waals surface area contributed by atoms with E-state index < -0.39 is 10.0 Å². The first-order valence-corrected chi connectivity index (χ1v) is 10.2. The van der Waals surface area contributed by atoms with Gasteiger partial charge in [0, 0.05) is 24.9 Å². The number of anilines is 2. The molecule has 0 spiro atoms. The molecule has 1 aliphatic heterocycles. The first-order chi connectivity index (χ1) is 11.5. The quantitative estimate of drug-likeness (QED) is 0.816. The number of sulfonamides is 1. The Hall–Kier alpha value is -1.77. The topological polar surface area (TPSA) is 70.6 Å². The van der Waals surface area contributed by atoms with E-state index in [0.29, 0.717) is 18.1 Å². The second-order valence-corrected chi connectivity index (χ2v) is 8.58. The zero-order valence-corrected chi connectivity index (χ0v) is 15.0. The van der Waals surface area contributed by atoms with Crippen LogP contribution in [0.2, 0.25) is 0 Å². The Bertz CT molecular complexity index is 818. The van der Waals surface area contributed by atoms with Crippen molar-refractivity contribution in [2.45, 2.75) is 19.8 Å². The van der Waals surface area contributed by atoms with Gasteiger partial charge in [0.15, 0.2) is 5.13 Å².